The molecule has 70 valence electrons. The Morgan fingerprint density at radius 3 is 1.62 bits per heavy atom. The second-order valence-electron chi connectivity index (χ2n) is 2.77. The molecule has 0 amide bonds. The van der Waals surface area contributed by atoms with Crippen LogP contribution in [-0.4, -0.2) is 0 Å². The van der Waals surface area contributed by atoms with E-state index in [4.69, 9.17) is 0 Å². The van der Waals surface area contributed by atoms with Crippen LogP contribution in [0, 0.1) is 0 Å². The summed E-state index contributed by atoms with van der Waals surface area (Å²) in [6.07, 6.45) is 16.0. The van der Waals surface area contributed by atoms with Gasteiger partial charge in [0.2, 0.25) is 0 Å². The molecular formula is C10H12Cl2Zr. The van der Waals surface area contributed by atoms with Gasteiger partial charge in [0.25, 0.3) is 0 Å². The molecule has 0 atom stereocenters. The zero-order valence-electron chi connectivity index (χ0n) is 7.19. The summed E-state index contributed by atoms with van der Waals surface area (Å²) < 4.78 is 3.45. The SMILES string of the molecule is C1=CC[C]([Zr][C]2=CC=CC2)=C1.Cl.Cl. The molecule has 0 saturated heterocycles. The maximum atomic E-state index is 2.31. The molecule has 3 heteroatoms. The van der Waals surface area contributed by atoms with Gasteiger partial charge in [-0.1, -0.05) is 0 Å². The van der Waals surface area contributed by atoms with Gasteiger partial charge in [-0.15, -0.1) is 24.8 Å². The summed E-state index contributed by atoms with van der Waals surface area (Å²) in [6, 6.07) is 0. The van der Waals surface area contributed by atoms with E-state index in [1.54, 1.807) is 6.56 Å². The van der Waals surface area contributed by atoms with Crippen molar-refractivity contribution in [2.75, 3.05) is 0 Å². The van der Waals surface area contributed by atoms with E-state index in [0.29, 0.717) is 0 Å². The second kappa shape index (κ2) is 6.81. The normalized spacial score (nSPS) is 17.2. The van der Waals surface area contributed by atoms with Crippen molar-refractivity contribution in [3.63, 3.8) is 0 Å². The van der Waals surface area contributed by atoms with Gasteiger partial charge in [0.1, 0.15) is 0 Å². The van der Waals surface area contributed by atoms with Gasteiger partial charge < -0.3 is 0 Å². The molecule has 0 aliphatic heterocycles. The zero-order chi connectivity index (χ0) is 7.52. The van der Waals surface area contributed by atoms with Gasteiger partial charge in [-0.05, 0) is 0 Å². The van der Waals surface area contributed by atoms with Crippen LogP contribution in [0.2, 0.25) is 0 Å². The molecule has 2 rings (SSSR count). The van der Waals surface area contributed by atoms with E-state index in [1.807, 2.05) is 0 Å². The van der Waals surface area contributed by atoms with Gasteiger partial charge in [0, 0.05) is 0 Å². The number of rotatable bonds is 2. The van der Waals surface area contributed by atoms with E-state index in [0.717, 1.165) is 0 Å². The van der Waals surface area contributed by atoms with E-state index in [-0.39, 0.29) is 48.0 Å². The molecule has 2 aliphatic rings. The van der Waals surface area contributed by atoms with E-state index in [1.165, 1.54) is 12.8 Å². The Morgan fingerprint density at radius 1 is 0.846 bits per heavy atom. The molecule has 0 aromatic carbocycles. The molecule has 0 heterocycles. The first-order valence-corrected chi connectivity index (χ1v) is 6.39. The van der Waals surface area contributed by atoms with Crippen LogP contribution < -0.4 is 0 Å². The van der Waals surface area contributed by atoms with E-state index < -0.39 is 0 Å². The molecule has 0 aromatic rings. The third-order valence-corrected chi connectivity index (χ3v) is 5.27. The summed E-state index contributed by atoms with van der Waals surface area (Å²) in [4.78, 5) is 0. The van der Waals surface area contributed by atoms with Crippen LogP contribution in [0.15, 0.2) is 43.0 Å². The molecule has 13 heavy (non-hydrogen) atoms. The summed E-state index contributed by atoms with van der Waals surface area (Å²) in [5, 5.41) is 0. The van der Waals surface area contributed by atoms with Gasteiger partial charge in [-0.2, -0.15) is 0 Å². The van der Waals surface area contributed by atoms with Crippen molar-refractivity contribution >= 4 is 24.8 Å². The largest absolute Gasteiger partial charge is 0.147 e. The van der Waals surface area contributed by atoms with Gasteiger partial charge in [0.05, 0.1) is 0 Å². The second-order valence-corrected chi connectivity index (χ2v) is 6.55. The minimum Gasteiger partial charge on any atom is -0.147 e. The zero-order valence-corrected chi connectivity index (χ0v) is 11.3. The van der Waals surface area contributed by atoms with Crippen LogP contribution in [0.1, 0.15) is 12.8 Å². The first-order valence-electron chi connectivity index (χ1n) is 3.93. The van der Waals surface area contributed by atoms with Gasteiger partial charge >= 0.3 is 79.1 Å². The standard InChI is InChI=1S/2C5H5.2ClH.Zr/c2*1-2-4-5-3-1;;;/h2*1-3H,4H2;2*1H;. The minimum atomic E-state index is -0.312. The third kappa shape index (κ3) is 3.98. The molecule has 0 bridgehead atoms. The summed E-state index contributed by atoms with van der Waals surface area (Å²) in [5.74, 6) is 0. The first kappa shape index (κ1) is 13.4. The third-order valence-electron chi connectivity index (χ3n) is 1.86. The molecule has 0 unspecified atom stereocenters. The van der Waals surface area contributed by atoms with Gasteiger partial charge in [-0.25, -0.2) is 0 Å². The monoisotopic (exact) mass is 292 g/mol. The number of hydrogen-bond acceptors (Lipinski definition) is 0. The van der Waals surface area contributed by atoms with E-state index in [2.05, 4.69) is 36.5 Å². The Bertz CT molecular complexity index is 247. The number of allylic oxidation sites excluding steroid dienone is 8. The van der Waals surface area contributed by atoms with Crippen LogP contribution in [0.5, 0.6) is 0 Å². The summed E-state index contributed by atoms with van der Waals surface area (Å²) in [5.41, 5.74) is 0. The fourth-order valence-electron chi connectivity index (χ4n) is 1.29. The van der Waals surface area contributed by atoms with Crippen LogP contribution in [-0.2, 0) is 23.2 Å². The predicted octanol–water partition coefficient (Wildman–Crippen LogP) is 3.60. The molecular weight excluding hydrogens is 282 g/mol. The van der Waals surface area contributed by atoms with Crippen LogP contribution >= 0.6 is 24.8 Å². The van der Waals surface area contributed by atoms with Crippen LogP contribution in [0.25, 0.3) is 0 Å². The van der Waals surface area contributed by atoms with Crippen LogP contribution in [0.3, 0.4) is 0 Å². The van der Waals surface area contributed by atoms with Crippen molar-refractivity contribution in [1.29, 1.82) is 0 Å². The van der Waals surface area contributed by atoms with Crippen molar-refractivity contribution in [3.8, 4) is 0 Å². The van der Waals surface area contributed by atoms with E-state index in [9.17, 15) is 0 Å². The quantitative estimate of drug-likeness (QED) is 0.730. The van der Waals surface area contributed by atoms with Crippen LogP contribution in [0.4, 0.5) is 0 Å². The Balaban J connectivity index is 0.000000720. The predicted molar refractivity (Wildman–Crippen MR) is 58.2 cm³/mol. The van der Waals surface area contributed by atoms with Gasteiger partial charge in [-0.3, -0.25) is 0 Å². The maximum absolute atomic E-state index is 2.31. The average molecular weight is 294 g/mol. The fraction of sp³-hybridized carbons (Fsp3) is 0.200. The molecule has 0 fully saturated rings. The molecule has 0 N–H and O–H groups in total. The number of halogens is 2. The molecule has 2 aliphatic carbocycles. The molecule has 0 spiro atoms. The summed E-state index contributed by atoms with van der Waals surface area (Å²) >= 11 is -0.312. The average Bonchev–Trinajstić information content (AvgIpc) is 2.60. The Hall–Kier alpha value is 0.423. The summed E-state index contributed by atoms with van der Waals surface area (Å²) in [7, 11) is 0. The smallest absolute Gasteiger partial charge is 0.147 e. The summed E-state index contributed by atoms with van der Waals surface area (Å²) in [6.45, 7) is 0. The topological polar surface area (TPSA) is 0 Å². The van der Waals surface area contributed by atoms with Crippen molar-refractivity contribution in [2.45, 2.75) is 12.8 Å². The van der Waals surface area contributed by atoms with Crippen molar-refractivity contribution in [3.05, 3.63) is 43.0 Å². The van der Waals surface area contributed by atoms with Crippen molar-refractivity contribution in [1.82, 2.24) is 0 Å². The molecule has 0 radical (unpaired) electrons. The van der Waals surface area contributed by atoms with Gasteiger partial charge in [0.15, 0.2) is 0 Å². The minimum absolute atomic E-state index is 0. The van der Waals surface area contributed by atoms with Crippen molar-refractivity contribution < 1.29 is 23.2 Å². The Labute approximate surface area is 103 Å². The van der Waals surface area contributed by atoms with E-state index >= 15 is 0 Å². The number of hydrogen-bond donors (Lipinski definition) is 0. The van der Waals surface area contributed by atoms with Crippen molar-refractivity contribution in [2.24, 2.45) is 0 Å². The Kier molecular flexibility index (Phi) is 7.04. The molecule has 0 nitrogen and oxygen atoms in total. The Morgan fingerprint density at radius 2 is 1.31 bits per heavy atom. The molecule has 0 aromatic heterocycles. The molecule has 0 saturated carbocycles. The fourth-order valence-corrected chi connectivity index (χ4v) is 4.26. The first-order chi connectivity index (χ1) is 5.45. The maximum Gasteiger partial charge on any atom is -0.147 e.